The average molecular weight is 446 g/mol. The van der Waals surface area contributed by atoms with Crippen molar-refractivity contribution in [3.05, 3.63) is 82.8 Å². The van der Waals surface area contributed by atoms with Crippen LogP contribution in [0.3, 0.4) is 0 Å². The lowest BCUT2D eigenvalue weighted by Crippen LogP contribution is -2.33. The lowest BCUT2D eigenvalue weighted by molar-refractivity contribution is -0.122. The van der Waals surface area contributed by atoms with Crippen LogP contribution in [0.4, 0.5) is 4.79 Å². The topological polar surface area (TPSA) is 63.7 Å². The molecule has 1 saturated heterocycles. The minimum Gasteiger partial charge on any atom is -0.493 e. The predicted molar refractivity (Wildman–Crippen MR) is 128 cm³/mol. The quantitative estimate of drug-likeness (QED) is 0.244. The highest BCUT2D eigenvalue weighted by Gasteiger charge is 2.36. The van der Waals surface area contributed by atoms with Crippen LogP contribution in [0.25, 0.3) is 16.8 Å². The van der Waals surface area contributed by atoms with Gasteiger partial charge in [0.1, 0.15) is 5.75 Å². The monoisotopic (exact) mass is 445 g/mol. The Kier molecular flexibility index (Phi) is 6.71. The first-order valence-corrected chi connectivity index (χ1v) is 11.4. The molecule has 0 aliphatic carbocycles. The van der Waals surface area contributed by atoms with Crippen LogP contribution in [0.5, 0.6) is 5.75 Å². The number of carbonyl (C=O) groups is 3. The van der Waals surface area contributed by atoms with Gasteiger partial charge in [-0.05, 0) is 41.1 Å². The van der Waals surface area contributed by atoms with Gasteiger partial charge >= 0.3 is 0 Å². The molecule has 2 amide bonds. The van der Waals surface area contributed by atoms with Crippen LogP contribution in [0.1, 0.15) is 35.7 Å². The van der Waals surface area contributed by atoms with Gasteiger partial charge in [-0.2, -0.15) is 0 Å². The third-order valence-electron chi connectivity index (χ3n) is 5.23. The molecule has 1 heterocycles. The molecule has 5 nitrogen and oxygen atoms in total. The SMILES string of the molecule is CCCCOc1ccc2ccccc2c1/C=C1\SC(=O)N(CC(=O)c2ccccc2)C1=O. The second-order valence-electron chi connectivity index (χ2n) is 7.46. The van der Waals surface area contributed by atoms with E-state index >= 15 is 0 Å². The van der Waals surface area contributed by atoms with Crippen molar-refractivity contribution in [2.24, 2.45) is 0 Å². The normalized spacial score (nSPS) is 15.0. The highest BCUT2D eigenvalue weighted by molar-refractivity contribution is 8.18. The van der Waals surface area contributed by atoms with Crippen molar-refractivity contribution in [1.82, 2.24) is 4.90 Å². The van der Waals surface area contributed by atoms with E-state index in [1.54, 1.807) is 30.3 Å². The minimum absolute atomic E-state index is 0.275. The number of rotatable bonds is 8. The summed E-state index contributed by atoms with van der Waals surface area (Å²) in [5, 5.41) is 1.51. The van der Waals surface area contributed by atoms with Crippen LogP contribution in [0, 0.1) is 0 Å². The molecule has 0 saturated carbocycles. The number of carbonyl (C=O) groups excluding carboxylic acids is 3. The first kappa shape index (κ1) is 21.8. The number of amides is 2. The molecule has 4 rings (SSSR count). The van der Waals surface area contributed by atoms with E-state index in [9.17, 15) is 14.4 Å². The van der Waals surface area contributed by atoms with Gasteiger partial charge < -0.3 is 4.74 Å². The molecule has 32 heavy (non-hydrogen) atoms. The second-order valence-corrected chi connectivity index (χ2v) is 8.45. The summed E-state index contributed by atoms with van der Waals surface area (Å²) in [6, 6.07) is 20.4. The summed E-state index contributed by atoms with van der Waals surface area (Å²) >= 11 is 0.850. The highest BCUT2D eigenvalue weighted by Crippen LogP contribution is 2.37. The molecule has 1 fully saturated rings. The number of benzene rings is 3. The molecule has 0 unspecified atom stereocenters. The van der Waals surface area contributed by atoms with Gasteiger partial charge in [-0.25, -0.2) is 0 Å². The molecular formula is C26H23NO4S. The average Bonchev–Trinajstić information content (AvgIpc) is 3.08. The molecule has 0 bridgehead atoms. The summed E-state index contributed by atoms with van der Waals surface area (Å²) < 4.78 is 5.99. The number of ketones is 1. The lowest BCUT2D eigenvalue weighted by Gasteiger charge is -2.13. The van der Waals surface area contributed by atoms with Crippen molar-refractivity contribution in [3.8, 4) is 5.75 Å². The van der Waals surface area contributed by atoms with E-state index in [4.69, 9.17) is 4.74 Å². The first-order chi connectivity index (χ1) is 15.6. The third-order valence-corrected chi connectivity index (χ3v) is 6.14. The fourth-order valence-electron chi connectivity index (χ4n) is 3.50. The second kappa shape index (κ2) is 9.83. The minimum atomic E-state index is -0.461. The molecule has 162 valence electrons. The van der Waals surface area contributed by atoms with Gasteiger partial charge in [-0.15, -0.1) is 0 Å². The maximum absolute atomic E-state index is 13.0. The summed E-state index contributed by atoms with van der Waals surface area (Å²) in [6.45, 7) is 2.39. The standard InChI is InChI=1S/C26H23NO4S/c1-2-3-15-31-23-14-13-18-9-7-8-12-20(18)21(23)16-24-25(29)27(26(30)32-24)17-22(28)19-10-5-4-6-11-19/h4-14,16H,2-3,15,17H2,1H3/b24-16-. The largest absolute Gasteiger partial charge is 0.493 e. The number of unbranched alkanes of at least 4 members (excludes halogenated alkanes) is 1. The number of fused-ring (bicyclic) bond motifs is 1. The van der Waals surface area contributed by atoms with Gasteiger partial charge in [0.25, 0.3) is 11.1 Å². The van der Waals surface area contributed by atoms with E-state index in [1.807, 2.05) is 42.5 Å². The number of hydrogen-bond donors (Lipinski definition) is 0. The maximum Gasteiger partial charge on any atom is 0.293 e. The van der Waals surface area contributed by atoms with Crippen LogP contribution in [-0.2, 0) is 4.79 Å². The molecular weight excluding hydrogens is 422 g/mol. The van der Waals surface area contributed by atoms with E-state index in [-0.39, 0.29) is 17.2 Å². The zero-order chi connectivity index (χ0) is 22.5. The van der Waals surface area contributed by atoms with Crippen molar-refractivity contribution >= 4 is 45.5 Å². The summed E-state index contributed by atoms with van der Waals surface area (Å²) in [7, 11) is 0. The summed E-state index contributed by atoms with van der Waals surface area (Å²) in [4.78, 5) is 39.4. The predicted octanol–water partition coefficient (Wildman–Crippen LogP) is 5.94. The molecule has 1 aliphatic heterocycles. The third kappa shape index (κ3) is 4.60. The first-order valence-electron chi connectivity index (χ1n) is 10.6. The summed E-state index contributed by atoms with van der Waals surface area (Å²) in [5.74, 6) is -0.0658. The molecule has 1 aliphatic rings. The lowest BCUT2D eigenvalue weighted by atomic mass is 10.0. The Morgan fingerprint density at radius 1 is 1.00 bits per heavy atom. The van der Waals surface area contributed by atoms with Crippen LogP contribution >= 0.6 is 11.8 Å². The van der Waals surface area contributed by atoms with Gasteiger partial charge in [-0.3, -0.25) is 19.3 Å². The van der Waals surface area contributed by atoms with Gasteiger partial charge in [0.15, 0.2) is 5.78 Å². The highest BCUT2D eigenvalue weighted by atomic mass is 32.2. The smallest absolute Gasteiger partial charge is 0.293 e. The van der Waals surface area contributed by atoms with Crippen molar-refractivity contribution < 1.29 is 19.1 Å². The molecule has 0 atom stereocenters. The van der Waals surface area contributed by atoms with Gasteiger partial charge in [0, 0.05) is 11.1 Å². The fraction of sp³-hybridized carbons (Fsp3) is 0.192. The van der Waals surface area contributed by atoms with E-state index in [0.29, 0.717) is 17.9 Å². The van der Waals surface area contributed by atoms with Crippen LogP contribution in [0.15, 0.2) is 71.6 Å². The Morgan fingerprint density at radius 3 is 2.53 bits per heavy atom. The maximum atomic E-state index is 13.0. The van der Waals surface area contributed by atoms with Gasteiger partial charge in [0.05, 0.1) is 18.1 Å². The number of imide groups is 1. The zero-order valence-corrected chi connectivity index (χ0v) is 18.6. The molecule has 6 heteroatoms. The Labute approximate surface area is 191 Å². The summed E-state index contributed by atoms with van der Waals surface area (Å²) in [6.07, 6.45) is 3.64. The molecule has 0 spiro atoms. The number of ether oxygens (including phenoxy) is 1. The summed E-state index contributed by atoms with van der Waals surface area (Å²) in [5.41, 5.74) is 1.23. The van der Waals surface area contributed by atoms with E-state index in [2.05, 4.69) is 6.92 Å². The molecule has 0 radical (unpaired) electrons. The zero-order valence-electron chi connectivity index (χ0n) is 17.7. The number of nitrogens with zero attached hydrogens (tertiary/aromatic N) is 1. The molecule has 3 aromatic carbocycles. The Bertz CT molecular complexity index is 1200. The molecule has 3 aromatic rings. The number of thioether (sulfide) groups is 1. The van der Waals surface area contributed by atoms with E-state index in [0.717, 1.165) is 45.8 Å². The molecule has 0 aromatic heterocycles. The van der Waals surface area contributed by atoms with Crippen LogP contribution < -0.4 is 4.74 Å². The van der Waals surface area contributed by atoms with Crippen LogP contribution in [-0.4, -0.2) is 35.0 Å². The Morgan fingerprint density at radius 2 is 1.75 bits per heavy atom. The number of hydrogen-bond acceptors (Lipinski definition) is 5. The van der Waals surface area contributed by atoms with Crippen molar-refractivity contribution in [2.45, 2.75) is 19.8 Å². The van der Waals surface area contributed by atoms with Gasteiger partial charge in [0.2, 0.25) is 0 Å². The number of Topliss-reactive ketones (excluding diaryl/α,β-unsaturated/α-hetero) is 1. The van der Waals surface area contributed by atoms with E-state index < -0.39 is 11.1 Å². The Balaban J connectivity index is 1.65. The van der Waals surface area contributed by atoms with Gasteiger partial charge in [-0.1, -0.05) is 74.0 Å². The van der Waals surface area contributed by atoms with Crippen molar-refractivity contribution in [3.63, 3.8) is 0 Å². The Hall–Kier alpha value is -3.38. The fourth-order valence-corrected chi connectivity index (χ4v) is 4.32. The van der Waals surface area contributed by atoms with E-state index in [1.165, 1.54) is 0 Å². The van der Waals surface area contributed by atoms with Crippen molar-refractivity contribution in [2.75, 3.05) is 13.2 Å². The van der Waals surface area contributed by atoms with Crippen LogP contribution in [0.2, 0.25) is 0 Å². The molecule has 0 N–H and O–H groups in total. The van der Waals surface area contributed by atoms with Crippen molar-refractivity contribution in [1.29, 1.82) is 0 Å².